The fourth-order valence-electron chi connectivity index (χ4n) is 2.27. The summed E-state index contributed by atoms with van der Waals surface area (Å²) in [7, 11) is 0. The smallest absolute Gasteiger partial charge is 0.131 e. The minimum atomic E-state index is -0.570. The van der Waals surface area contributed by atoms with Gasteiger partial charge in [0.15, 0.2) is 0 Å². The first-order chi connectivity index (χ1) is 9.83. The van der Waals surface area contributed by atoms with E-state index < -0.39 is 6.10 Å². The first-order valence-electron chi connectivity index (χ1n) is 6.85. The second-order valence-corrected chi connectivity index (χ2v) is 5.06. The summed E-state index contributed by atoms with van der Waals surface area (Å²) in [5.74, 6) is 5.96. The Labute approximate surface area is 119 Å². The van der Waals surface area contributed by atoms with Gasteiger partial charge in [-0.2, -0.15) is 0 Å². The zero-order valence-electron chi connectivity index (χ0n) is 11.2. The van der Waals surface area contributed by atoms with Gasteiger partial charge in [-0.1, -0.05) is 60.4 Å². The summed E-state index contributed by atoms with van der Waals surface area (Å²) in [5, 5.41) is 10.1. The Morgan fingerprint density at radius 1 is 1.05 bits per heavy atom. The lowest BCUT2D eigenvalue weighted by atomic mass is 10.2. The summed E-state index contributed by atoms with van der Waals surface area (Å²) in [6, 6.07) is 20.3. The molecule has 0 aromatic heterocycles. The highest BCUT2D eigenvalue weighted by Gasteiger charge is 2.38. The summed E-state index contributed by atoms with van der Waals surface area (Å²) >= 11 is 0. The SMILES string of the molecule is OC(C#Cc1ccccc1)C1CN1Cc1ccccc1. The van der Waals surface area contributed by atoms with Crippen LogP contribution in [0.5, 0.6) is 0 Å². The van der Waals surface area contributed by atoms with Crippen molar-refractivity contribution in [2.45, 2.75) is 18.7 Å². The summed E-state index contributed by atoms with van der Waals surface area (Å²) in [4.78, 5) is 2.24. The van der Waals surface area contributed by atoms with E-state index in [0.29, 0.717) is 0 Å². The second kappa shape index (κ2) is 5.92. The quantitative estimate of drug-likeness (QED) is 0.678. The van der Waals surface area contributed by atoms with E-state index in [9.17, 15) is 5.11 Å². The topological polar surface area (TPSA) is 23.2 Å². The molecule has 1 aliphatic rings. The molecule has 0 saturated carbocycles. The van der Waals surface area contributed by atoms with Crippen molar-refractivity contribution in [1.29, 1.82) is 0 Å². The van der Waals surface area contributed by atoms with Crippen molar-refractivity contribution in [1.82, 2.24) is 4.90 Å². The third-order valence-corrected chi connectivity index (χ3v) is 3.49. The number of aliphatic hydroxyl groups excluding tert-OH is 1. The highest BCUT2D eigenvalue weighted by molar-refractivity contribution is 5.35. The van der Waals surface area contributed by atoms with Crippen molar-refractivity contribution in [3.63, 3.8) is 0 Å². The van der Waals surface area contributed by atoms with E-state index in [1.807, 2.05) is 48.5 Å². The van der Waals surface area contributed by atoms with Crippen molar-refractivity contribution >= 4 is 0 Å². The van der Waals surface area contributed by atoms with Crippen LogP contribution in [0.15, 0.2) is 60.7 Å². The van der Waals surface area contributed by atoms with Gasteiger partial charge in [-0.3, -0.25) is 4.90 Å². The summed E-state index contributed by atoms with van der Waals surface area (Å²) in [6.07, 6.45) is -0.570. The van der Waals surface area contributed by atoms with Crippen LogP contribution in [0.25, 0.3) is 0 Å². The predicted molar refractivity (Wildman–Crippen MR) is 80.0 cm³/mol. The van der Waals surface area contributed by atoms with Crippen LogP contribution in [0, 0.1) is 11.8 Å². The van der Waals surface area contributed by atoms with E-state index in [-0.39, 0.29) is 6.04 Å². The van der Waals surface area contributed by atoms with Crippen LogP contribution in [0.2, 0.25) is 0 Å². The Kier molecular flexibility index (Phi) is 3.83. The Hall–Kier alpha value is -2.08. The molecule has 20 heavy (non-hydrogen) atoms. The zero-order chi connectivity index (χ0) is 13.8. The molecule has 0 amide bonds. The van der Waals surface area contributed by atoms with Crippen LogP contribution in [-0.2, 0) is 6.54 Å². The monoisotopic (exact) mass is 263 g/mol. The van der Waals surface area contributed by atoms with Gasteiger partial charge in [0, 0.05) is 18.7 Å². The first-order valence-corrected chi connectivity index (χ1v) is 6.85. The molecular formula is C18H17NO. The van der Waals surface area contributed by atoms with E-state index in [1.165, 1.54) is 5.56 Å². The highest BCUT2D eigenvalue weighted by atomic mass is 16.3. The average molecular weight is 263 g/mol. The first kappa shape index (κ1) is 12.9. The lowest BCUT2D eigenvalue weighted by Gasteiger charge is -2.05. The molecule has 0 bridgehead atoms. The van der Waals surface area contributed by atoms with E-state index in [4.69, 9.17) is 0 Å². The van der Waals surface area contributed by atoms with Gasteiger partial charge in [0.25, 0.3) is 0 Å². The fraction of sp³-hybridized carbons (Fsp3) is 0.222. The molecule has 3 atom stereocenters. The van der Waals surface area contributed by atoms with E-state index in [1.54, 1.807) is 0 Å². The maximum atomic E-state index is 10.1. The minimum absolute atomic E-state index is 0.173. The third kappa shape index (κ3) is 3.27. The number of benzene rings is 2. The van der Waals surface area contributed by atoms with Crippen LogP contribution >= 0.6 is 0 Å². The van der Waals surface area contributed by atoms with Crippen LogP contribution in [0.4, 0.5) is 0 Å². The van der Waals surface area contributed by atoms with Crippen LogP contribution in [0.1, 0.15) is 11.1 Å². The van der Waals surface area contributed by atoms with E-state index in [0.717, 1.165) is 18.7 Å². The molecule has 2 nitrogen and oxygen atoms in total. The number of aliphatic hydroxyl groups is 1. The second-order valence-electron chi connectivity index (χ2n) is 5.06. The maximum Gasteiger partial charge on any atom is 0.131 e. The Bertz CT molecular complexity index is 612. The Morgan fingerprint density at radius 2 is 1.70 bits per heavy atom. The Balaban J connectivity index is 1.56. The predicted octanol–water partition coefficient (Wildman–Crippen LogP) is 2.28. The Morgan fingerprint density at radius 3 is 2.40 bits per heavy atom. The van der Waals surface area contributed by atoms with E-state index in [2.05, 4.69) is 28.9 Å². The van der Waals surface area contributed by atoms with Gasteiger partial charge in [-0.05, 0) is 17.7 Å². The molecule has 0 aliphatic carbocycles. The number of rotatable bonds is 3. The van der Waals surface area contributed by atoms with Crippen molar-refractivity contribution in [3.8, 4) is 11.8 Å². The largest absolute Gasteiger partial charge is 0.379 e. The molecule has 2 heteroatoms. The fourth-order valence-corrected chi connectivity index (χ4v) is 2.27. The average Bonchev–Trinajstić information content (AvgIpc) is 3.26. The molecular weight excluding hydrogens is 246 g/mol. The van der Waals surface area contributed by atoms with Gasteiger partial charge >= 0.3 is 0 Å². The molecule has 1 N–H and O–H groups in total. The molecule has 1 fully saturated rings. The van der Waals surface area contributed by atoms with Gasteiger partial charge in [-0.15, -0.1) is 0 Å². The number of nitrogens with zero attached hydrogens (tertiary/aromatic N) is 1. The van der Waals surface area contributed by atoms with Crippen molar-refractivity contribution in [2.24, 2.45) is 0 Å². The van der Waals surface area contributed by atoms with Gasteiger partial charge < -0.3 is 5.11 Å². The van der Waals surface area contributed by atoms with Crippen LogP contribution in [-0.4, -0.2) is 28.7 Å². The molecule has 2 aromatic carbocycles. The molecule has 2 aromatic rings. The molecule has 3 rings (SSSR count). The third-order valence-electron chi connectivity index (χ3n) is 3.49. The molecule has 3 unspecified atom stereocenters. The van der Waals surface area contributed by atoms with Crippen LogP contribution in [0.3, 0.4) is 0 Å². The van der Waals surface area contributed by atoms with Crippen LogP contribution < -0.4 is 0 Å². The highest BCUT2D eigenvalue weighted by Crippen LogP contribution is 2.23. The summed E-state index contributed by atoms with van der Waals surface area (Å²) in [6.45, 7) is 1.80. The molecule has 1 aliphatic heterocycles. The molecule has 100 valence electrons. The molecule has 0 radical (unpaired) electrons. The standard InChI is InChI=1S/C18H17NO/c20-18(12-11-15-7-3-1-4-8-15)17-14-19(17)13-16-9-5-2-6-10-16/h1-10,17-18,20H,13-14H2. The summed E-state index contributed by atoms with van der Waals surface area (Å²) in [5.41, 5.74) is 2.22. The lowest BCUT2D eigenvalue weighted by molar-refractivity contribution is 0.209. The van der Waals surface area contributed by atoms with E-state index >= 15 is 0 Å². The van der Waals surface area contributed by atoms with Crippen molar-refractivity contribution in [3.05, 3.63) is 71.8 Å². The summed E-state index contributed by atoms with van der Waals surface area (Å²) < 4.78 is 0. The van der Waals surface area contributed by atoms with Crippen molar-refractivity contribution < 1.29 is 5.11 Å². The number of hydrogen-bond donors (Lipinski definition) is 1. The van der Waals surface area contributed by atoms with Gasteiger partial charge in [0.05, 0.1) is 6.04 Å². The molecule has 1 saturated heterocycles. The van der Waals surface area contributed by atoms with Crippen molar-refractivity contribution in [2.75, 3.05) is 6.54 Å². The van der Waals surface area contributed by atoms with Gasteiger partial charge in [0.1, 0.15) is 6.10 Å². The lowest BCUT2D eigenvalue weighted by Crippen LogP contribution is -2.16. The molecule has 0 spiro atoms. The van der Waals surface area contributed by atoms with Gasteiger partial charge in [-0.25, -0.2) is 0 Å². The molecule has 1 heterocycles. The number of hydrogen-bond acceptors (Lipinski definition) is 2. The zero-order valence-corrected chi connectivity index (χ0v) is 11.2. The maximum absolute atomic E-state index is 10.1. The van der Waals surface area contributed by atoms with Gasteiger partial charge in [0.2, 0.25) is 0 Å². The minimum Gasteiger partial charge on any atom is -0.379 e. The normalized spacial score (nSPS) is 21.6.